The Balaban J connectivity index is 1.51. The van der Waals surface area contributed by atoms with E-state index in [1.807, 2.05) is 16.8 Å². The monoisotopic (exact) mass is 531 g/mol. The number of thiophene rings is 1. The molecular formula is C22H14Cl5NO2S. The molecule has 9 heteroatoms. The third-order valence-electron chi connectivity index (χ3n) is 5.06. The van der Waals surface area contributed by atoms with Crippen LogP contribution in [-0.4, -0.2) is 16.0 Å². The summed E-state index contributed by atoms with van der Waals surface area (Å²) < 4.78 is -1.29. The second kappa shape index (κ2) is 8.93. The maximum atomic E-state index is 12.9. The van der Waals surface area contributed by atoms with Gasteiger partial charge in [0.05, 0.1) is 10.9 Å². The van der Waals surface area contributed by atoms with E-state index in [1.54, 1.807) is 36.4 Å². The number of halogens is 5. The molecular weight excluding hydrogens is 520 g/mol. The average Bonchev–Trinajstić information content (AvgIpc) is 2.99. The molecule has 0 aliphatic heterocycles. The topological polar surface area (TPSA) is 46.2 Å². The zero-order valence-corrected chi connectivity index (χ0v) is 20.3. The SMILES string of the molecule is O=C(Cc1ccsc1)c1cc(NC(=O)C2C(c3cc(Cl)cc(Cl)c3)C2(Cl)Cl)ccc1Cl. The highest BCUT2D eigenvalue weighted by Gasteiger charge is 2.67. The Morgan fingerprint density at radius 3 is 2.35 bits per heavy atom. The zero-order valence-electron chi connectivity index (χ0n) is 15.7. The van der Waals surface area contributed by atoms with Crippen LogP contribution in [0.15, 0.2) is 53.2 Å². The van der Waals surface area contributed by atoms with E-state index in [0.29, 0.717) is 31.9 Å². The summed E-state index contributed by atoms with van der Waals surface area (Å²) in [4.78, 5) is 25.6. The lowest BCUT2D eigenvalue weighted by atomic mass is 10.0. The number of rotatable bonds is 6. The molecule has 1 aliphatic rings. The lowest BCUT2D eigenvalue weighted by molar-refractivity contribution is -0.117. The number of benzene rings is 2. The number of amides is 1. The normalized spacial score (nSPS) is 19.1. The van der Waals surface area contributed by atoms with Gasteiger partial charge in [0.15, 0.2) is 5.78 Å². The second-order valence-corrected chi connectivity index (χ2v) is 10.8. The van der Waals surface area contributed by atoms with Crippen LogP contribution in [0.2, 0.25) is 15.1 Å². The van der Waals surface area contributed by atoms with E-state index >= 15 is 0 Å². The van der Waals surface area contributed by atoms with Crippen LogP contribution >= 0.6 is 69.3 Å². The Bertz CT molecular complexity index is 1140. The Hall–Kier alpha value is -1.27. The minimum atomic E-state index is -1.29. The molecule has 0 spiro atoms. The van der Waals surface area contributed by atoms with Crippen molar-refractivity contribution in [2.45, 2.75) is 16.7 Å². The van der Waals surface area contributed by atoms with Gasteiger partial charge in [0.25, 0.3) is 0 Å². The minimum Gasteiger partial charge on any atom is -0.326 e. The van der Waals surface area contributed by atoms with E-state index in [4.69, 9.17) is 58.0 Å². The molecule has 0 saturated heterocycles. The lowest BCUT2D eigenvalue weighted by Crippen LogP contribution is -2.17. The van der Waals surface area contributed by atoms with E-state index in [0.717, 1.165) is 5.56 Å². The van der Waals surface area contributed by atoms with Gasteiger partial charge in [0, 0.05) is 33.6 Å². The highest BCUT2D eigenvalue weighted by Crippen LogP contribution is 2.65. The van der Waals surface area contributed by atoms with Crippen molar-refractivity contribution >= 4 is 86.7 Å². The van der Waals surface area contributed by atoms with E-state index < -0.39 is 16.2 Å². The molecule has 1 heterocycles. The molecule has 2 aromatic carbocycles. The molecule has 1 aliphatic carbocycles. The molecule has 0 bridgehead atoms. The molecule has 0 radical (unpaired) electrons. The molecule has 1 saturated carbocycles. The summed E-state index contributed by atoms with van der Waals surface area (Å²) in [7, 11) is 0. The number of alkyl halides is 2. The van der Waals surface area contributed by atoms with Crippen molar-refractivity contribution < 1.29 is 9.59 Å². The highest BCUT2D eigenvalue weighted by molar-refractivity contribution is 7.08. The number of Topliss-reactive ketones (excluding diaryl/α,β-unsaturated/α-hetero) is 1. The van der Waals surface area contributed by atoms with E-state index in [-0.39, 0.29) is 18.1 Å². The van der Waals surface area contributed by atoms with Gasteiger partial charge in [-0.3, -0.25) is 9.59 Å². The first-order valence-corrected chi connectivity index (χ1v) is 12.0. The molecule has 2 atom stereocenters. The van der Waals surface area contributed by atoms with Gasteiger partial charge in [-0.05, 0) is 64.4 Å². The Morgan fingerprint density at radius 1 is 1.00 bits per heavy atom. The van der Waals surface area contributed by atoms with Crippen molar-refractivity contribution in [3.05, 3.63) is 85.0 Å². The van der Waals surface area contributed by atoms with Gasteiger partial charge in [-0.1, -0.05) is 34.8 Å². The predicted octanol–water partition coefficient (Wildman–Crippen LogP) is 7.66. The van der Waals surface area contributed by atoms with E-state index in [1.165, 1.54) is 11.3 Å². The number of ketones is 1. The van der Waals surface area contributed by atoms with Gasteiger partial charge < -0.3 is 5.32 Å². The fraction of sp³-hybridized carbons (Fsp3) is 0.182. The van der Waals surface area contributed by atoms with Crippen molar-refractivity contribution in [2.75, 3.05) is 5.32 Å². The summed E-state index contributed by atoms with van der Waals surface area (Å²) in [5.74, 6) is -1.67. The number of carbonyl (C=O) groups excluding carboxylic acids is 2. The average molecular weight is 534 g/mol. The second-order valence-electron chi connectivity index (χ2n) is 7.25. The van der Waals surface area contributed by atoms with E-state index in [2.05, 4.69) is 5.32 Å². The van der Waals surface area contributed by atoms with Crippen molar-refractivity contribution in [3.63, 3.8) is 0 Å². The molecule has 31 heavy (non-hydrogen) atoms. The van der Waals surface area contributed by atoms with Crippen LogP contribution in [0, 0.1) is 5.92 Å². The largest absolute Gasteiger partial charge is 0.326 e. The molecule has 1 fully saturated rings. The van der Waals surface area contributed by atoms with Crippen LogP contribution in [0.5, 0.6) is 0 Å². The maximum absolute atomic E-state index is 12.9. The van der Waals surface area contributed by atoms with Crippen LogP contribution in [-0.2, 0) is 11.2 Å². The van der Waals surface area contributed by atoms with Crippen molar-refractivity contribution in [2.24, 2.45) is 5.92 Å². The summed E-state index contributed by atoms with van der Waals surface area (Å²) in [6.07, 6.45) is 0.229. The van der Waals surface area contributed by atoms with Gasteiger partial charge in [-0.25, -0.2) is 0 Å². The first kappa shape index (κ1) is 22.9. The van der Waals surface area contributed by atoms with Gasteiger partial charge in [0.2, 0.25) is 5.91 Å². The van der Waals surface area contributed by atoms with Crippen molar-refractivity contribution in [1.29, 1.82) is 0 Å². The maximum Gasteiger partial charge on any atom is 0.231 e. The minimum absolute atomic E-state index is 0.138. The molecule has 4 rings (SSSR count). The summed E-state index contributed by atoms with van der Waals surface area (Å²) in [5, 5.41) is 7.79. The molecule has 1 N–H and O–H groups in total. The first-order valence-electron chi connectivity index (χ1n) is 9.15. The third-order valence-corrected chi connectivity index (χ3v) is 7.50. The van der Waals surface area contributed by atoms with Crippen LogP contribution in [0.25, 0.3) is 0 Å². The van der Waals surface area contributed by atoms with Gasteiger partial charge in [-0.15, -0.1) is 23.2 Å². The summed E-state index contributed by atoms with van der Waals surface area (Å²) >= 11 is 32.7. The molecule has 160 valence electrons. The Kier molecular flexibility index (Phi) is 6.60. The summed E-state index contributed by atoms with van der Waals surface area (Å²) in [6.45, 7) is 0. The molecule has 3 nitrogen and oxygen atoms in total. The highest BCUT2D eigenvalue weighted by atomic mass is 35.5. The number of carbonyl (C=O) groups is 2. The Labute approximate surface area is 208 Å². The van der Waals surface area contributed by atoms with Gasteiger partial charge in [-0.2, -0.15) is 11.3 Å². The smallest absolute Gasteiger partial charge is 0.231 e. The Morgan fingerprint density at radius 2 is 1.71 bits per heavy atom. The lowest BCUT2D eigenvalue weighted by Gasteiger charge is -2.09. The third kappa shape index (κ3) is 4.90. The summed E-state index contributed by atoms with van der Waals surface area (Å²) in [6, 6.07) is 11.6. The van der Waals surface area contributed by atoms with Crippen LogP contribution in [0.3, 0.4) is 0 Å². The van der Waals surface area contributed by atoms with Gasteiger partial charge >= 0.3 is 0 Å². The number of nitrogens with one attached hydrogen (secondary N) is 1. The quantitative estimate of drug-likeness (QED) is 0.261. The zero-order chi connectivity index (χ0) is 22.3. The first-order chi connectivity index (χ1) is 14.7. The molecule has 2 unspecified atom stereocenters. The van der Waals surface area contributed by atoms with Crippen molar-refractivity contribution in [1.82, 2.24) is 0 Å². The standard InChI is InChI=1S/C22H14Cl5NO2S/c23-13-6-12(7-14(24)8-13)19-20(22(19,26)27)21(30)28-15-1-2-17(25)16(9-15)18(29)5-11-3-4-31-10-11/h1-4,6-10,19-20H,5H2,(H,28,30). The fourth-order valence-corrected chi connectivity index (χ4v) is 5.80. The summed E-state index contributed by atoms with van der Waals surface area (Å²) in [5.41, 5.74) is 2.37. The molecule has 3 aromatic rings. The molecule has 1 amide bonds. The van der Waals surface area contributed by atoms with Crippen LogP contribution < -0.4 is 5.32 Å². The van der Waals surface area contributed by atoms with Crippen LogP contribution in [0.1, 0.15) is 27.4 Å². The number of hydrogen-bond acceptors (Lipinski definition) is 3. The van der Waals surface area contributed by atoms with Crippen LogP contribution in [0.4, 0.5) is 5.69 Å². The fourth-order valence-electron chi connectivity index (χ4n) is 3.53. The number of anilines is 1. The van der Waals surface area contributed by atoms with E-state index in [9.17, 15) is 9.59 Å². The van der Waals surface area contributed by atoms with Gasteiger partial charge in [0.1, 0.15) is 4.33 Å². The predicted molar refractivity (Wildman–Crippen MR) is 130 cm³/mol. The number of hydrogen-bond donors (Lipinski definition) is 1. The molecule has 1 aromatic heterocycles. The van der Waals surface area contributed by atoms with Crippen molar-refractivity contribution in [3.8, 4) is 0 Å².